The Morgan fingerprint density at radius 2 is 0.683 bits per heavy atom. The van der Waals surface area contributed by atoms with Gasteiger partial charge in [-0.25, -0.2) is 0 Å². The van der Waals surface area contributed by atoms with Crippen molar-refractivity contribution in [1.29, 1.82) is 0 Å². The molecule has 0 aromatic carbocycles. The SMILES string of the molecule is CC[C@]1(O)CC[C@@]2(C)C(=CC[C@H]3[C@@H]4CC[C@H]([C@H](C)[C@H](O)CC5CCCC5)[C@@]4(C)CC[C@@H]32)C1.CC[C@]1(O)CC[C@@]2(C)[C@@H](CC[C@@H]3[C@@H]2CC[C@]2(C)[C@@H]([C@H](C)[C@H](O)CC4CCCC4)CC[C@@H]32)C1.CC[C@]1(O)CC[C@@]2(C)[C@H](CC[C@@H]3[C@@H]2CC[C@]2(C)[C@@H]([C@H](C)[C@H](O)CC4CCCC4)CC[C@@H]32)C1.CO.O.O.[Pd]. The van der Waals surface area contributed by atoms with E-state index in [1.54, 1.807) is 5.57 Å². The monoisotopic (exact) mass is 1510 g/mol. The van der Waals surface area contributed by atoms with Crippen LogP contribution in [0.15, 0.2) is 11.6 Å². The second-order valence-electron chi connectivity index (χ2n) is 41.5. The van der Waals surface area contributed by atoms with Gasteiger partial charge in [-0.05, 0) is 356 Å². The maximum absolute atomic E-state index is 11.2. The number of rotatable bonds is 15. The summed E-state index contributed by atoms with van der Waals surface area (Å²) in [6.07, 6.45) is 57.5. The Labute approximate surface area is 633 Å². The zero-order valence-corrected chi connectivity index (χ0v) is 69.0. The van der Waals surface area contributed by atoms with E-state index in [1.807, 2.05) is 0 Å². The Kier molecular flexibility index (Phi) is 28.2. The first-order valence-electron chi connectivity index (χ1n) is 44.0. The van der Waals surface area contributed by atoms with Gasteiger partial charge in [0.1, 0.15) is 0 Å². The fourth-order valence-corrected chi connectivity index (χ4v) is 31.2. The van der Waals surface area contributed by atoms with Crippen LogP contribution in [0.25, 0.3) is 0 Å². The molecule has 29 atom stereocenters. The maximum atomic E-state index is 11.2. The summed E-state index contributed by atoms with van der Waals surface area (Å²) in [4.78, 5) is 0. The summed E-state index contributed by atoms with van der Waals surface area (Å²) in [5, 5.41) is 73.7. The molecule has 0 amide bonds. The van der Waals surface area contributed by atoms with Crippen molar-refractivity contribution in [3.63, 3.8) is 0 Å². The predicted molar refractivity (Wildman–Crippen MR) is 412 cm³/mol. The van der Waals surface area contributed by atoms with Crippen molar-refractivity contribution in [3.8, 4) is 0 Å². The van der Waals surface area contributed by atoms with E-state index in [0.717, 1.165) is 167 Å². The number of hydrogen-bond donors (Lipinski definition) is 7. The minimum Gasteiger partial charge on any atom is -0.412 e. The minimum atomic E-state index is -0.454. The molecule has 0 aliphatic heterocycles. The minimum absolute atomic E-state index is 0. The van der Waals surface area contributed by atoms with Crippen LogP contribution in [0, 0.1) is 151 Å². The van der Waals surface area contributed by atoms with Crippen LogP contribution in [-0.2, 0) is 20.4 Å². The van der Waals surface area contributed by atoms with Gasteiger partial charge in [0, 0.05) is 27.5 Å². The van der Waals surface area contributed by atoms with E-state index in [9.17, 15) is 30.6 Å². The molecule has 14 saturated carbocycles. The summed E-state index contributed by atoms with van der Waals surface area (Å²) in [7, 11) is 1.00. The molecule has 0 aromatic rings. The molecule has 14 fully saturated rings. The van der Waals surface area contributed by atoms with Gasteiger partial charge < -0.3 is 46.7 Å². The number of hydrogen-bond acceptors (Lipinski definition) is 7. The summed E-state index contributed by atoms with van der Waals surface area (Å²) in [6.45, 7) is 29.4. The smallest absolute Gasteiger partial charge is 0.0682 e. The third kappa shape index (κ3) is 15.9. The van der Waals surface area contributed by atoms with Crippen LogP contribution >= 0.6 is 0 Å². The van der Waals surface area contributed by atoms with Gasteiger partial charge in [0.15, 0.2) is 0 Å². The van der Waals surface area contributed by atoms with Crippen molar-refractivity contribution < 1.29 is 67.1 Å². The molecule has 15 aliphatic rings. The van der Waals surface area contributed by atoms with Crippen LogP contribution < -0.4 is 0 Å². The second-order valence-corrected chi connectivity index (χ2v) is 41.5. The Morgan fingerprint density at radius 3 is 1.03 bits per heavy atom. The Hall–Kier alpha value is 0.0423. The molecular formula is C91H162O9Pd. The summed E-state index contributed by atoms with van der Waals surface area (Å²) in [5.74, 6) is 15.0. The number of fused-ring (bicyclic) bond motifs is 15. The molecule has 0 saturated heterocycles. The molecule has 0 radical (unpaired) electrons. The van der Waals surface area contributed by atoms with Crippen LogP contribution in [0.1, 0.15) is 366 Å². The summed E-state index contributed by atoms with van der Waals surface area (Å²) in [5.41, 5.74) is 2.90. The van der Waals surface area contributed by atoms with E-state index in [0.29, 0.717) is 68.0 Å². The predicted octanol–water partition coefficient (Wildman–Crippen LogP) is 20.0. The van der Waals surface area contributed by atoms with Crippen LogP contribution in [0.3, 0.4) is 0 Å². The molecule has 101 heavy (non-hydrogen) atoms. The molecule has 11 N–H and O–H groups in total. The van der Waals surface area contributed by atoms with Gasteiger partial charge in [-0.2, -0.15) is 0 Å². The van der Waals surface area contributed by atoms with Crippen molar-refractivity contribution in [2.45, 2.75) is 401 Å². The van der Waals surface area contributed by atoms with Gasteiger partial charge in [0.05, 0.1) is 35.1 Å². The van der Waals surface area contributed by atoms with Crippen molar-refractivity contribution in [1.82, 2.24) is 0 Å². The van der Waals surface area contributed by atoms with Crippen LogP contribution in [0.2, 0.25) is 0 Å². The number of aliphatic hydroxyl groups is 7. The first-order chi connectivity index (χ1) is 46.6. The van der Waals surface area contributed by atoms with Gasteiger partial charge in [-0.3, -0.25) is 0 Å². The Bertz CT molecular complexity index is 2520. The Morgan fingerprint density at radius 1 is 0.366 bits per heavy atom. The van der Waals surface area contributed by atoms with E-state index < -0.39 is 5.60 Å². The zero-order chi connectivity index (χ0) is 70.2. The molecule has 0 unspecified atom stereocenters. The molecule has 0 bridgehead atoms. The largest absolute Gasteiger partial charge is 0.412 e. The zero-order valence-electron chi connectivity index (χ0n) is 67.4. The first kappa shape index (κ1) is 85.1. The van der Waals surface area contributed by atoms with E-state index in [2.05, 4.69) is 89.2 Å². The van der Waals surface area contributed by atoms with Gasteiger partial charge in [0.2, 0.25) is 0 Å². The van der Waals surface area contributed by atoms with Gasteiger partial charge in [-0.1, -0.05) is 172 Å². The van der Waals surface area contributed by atoms with Gasteiger partial charge in [-0.15, -0.1) is 0 Å². The fourth-order valence-electron chi connectivity index (χ4n) is 31.2. The number of allylic oxidation sites excluding steroid dienone is 1. The molecule has 9 nitrogen and oxygen atoms in total. The van der Waals surface area contributed by atoms with Crippen molar-refractivity contribution in [3.05, 3.63) is 11.6 Å². The van der Waals surface area contributed by atoms with Crippen LogP contribution in [0.5, 0.6) is 0 Å². The fraction of sp³-hybridized carbons (Fsp3) is 0.978. The van der Waals surface area contributed by atoms with Gasteiger partial charge >= 0.3 is 0 Å². The van der Waals surface area contributed by atoms with Crippen molar-refractivity contribution >= 4 is 0 Å². The maximum Gasteiger partial charge on any atom is 0.0682 e. The van der Waals surface area contributed by atoms with E-state index >= 15 is 0 Å². The Balaban J connectivity index is 0.000000172. The third-order valence-electron chi connectivity index (χ3n) is 38.0. The standard InChI is InChI=1S/2C30H52O2.C30H50O2.CH4O.2H2O.Pd/c3*1-5-30(32)17-16-28(3)22(19-30)10-11-23-25-13-12-24(29(25,4)15-14-26(23)28)20(2)27(31)18-21-8-6-7-9-21;1-2;;;/h2*20-27,31-32H,5-19H2,1-4H3;10,20-21,23-27,31-32H,5-9,11-19H2,1-4H3;2H,1H3;2*1H2;/t20-,22+,23-,24+,25-,26-,27+,28-,29+,30-;20-,22-,23-,24+,25-,26-,27+,28-,29+,30-;20-,23-,24+,25-,26-,27+,28-,29+,30-;;;;/m000..../s1. The van der Waals surface area contributed by atoms with E-state index in [1.165, 1.54) is 205 Å². The molecule has 0 aromatic heterocycles. The first-order valence-corrected chi connectivity index (χ1v) is 44.0. The number of aliphatic hydroxyl groups excluding tert-OH is 4. The van der Waals surface area contributed by atoms with Crippen molar-refractivity contribution in [2.75, 3.05) is 7.11 Å². The summed E-state index contributed by atoms with van der Waals surface area (Å²) < 4.78 is 0. The van der Waals surface area contributed by atoms with E-state index in [4.69, 9.17) is 5.11 Å². The molecule has 0 heterocycles. The summed E-state index contributed by atoms with van der Waals surface area (Å²) in [6, 6.07) is 0. The molecule has 10 heteroatoms. The third-order valence-corrected chi connectivity index (χ3v) is 38.0. The second kappa shape index (κ2) is 33.5. The normalized spacial score (nSPS) is 47.7. The molecule has 15 aliphatic carbocycles. The topological polar surface area (TPSA) is 205 Å². The quantitative estimate of drug-likeness (QED) is 0.0624. The van der Waals surface area contributed by atoms with Crippen LogP contribution in [-0.4, -0.2) is 88.9 Å². The van der Waals surface area contributed by atoms with Gasteiger partial charge in [0.25, 0.3) is 0 Å². The summed E-state index contributed by atoms with van der Waals surface area (Å²) >= 11 is 0. The van der Waals surface area contributed by atoms with Crippen LogP contribution in [0.4, 0.5) is 0 Å². The average Bonchev–Trinajstić information content (AvgIpc) is 1.70. The molecule has 590 valence electrons. The molecule has 15 rings (SSSR count). The average molecular weight is 1510 g/mol. The van der Waals surface area contributed by atoms with E-state index in [-0.39, 0.29) is 60.9 Å². The van der Waals surface area contributed by atoms with Crippen molar-refractivity contribution in [2.24, 2.45) is 151 Å². The molecular weight excluding hydrogens is 1340 g/mol. The molecule has 0 spiro atoms.